The van der Waals surface area contributed by atoms with Gasteiger partial charge in [-0.05, 0) is 36.6 Å². The fourth-order valence-electron chi connectivity index (χ4n) is 3.19. The zero-order valence-electron chi connectivity index (χ0n) is 13.7. The minimum atomic E-state index is -1.05. The van der Waals surface area contributed by atoms with Gasteiger partial charge in [0.2, 0.25) is 0 Å². The van der Waals surface area contributed by atoms with E-state index in [0.29, 0.717) is 11.6 Å². The zero-order valence-corrected chi connectivity index (χ0v) is 13.7. The van der Waals surface area contributed by atoms with Gasteiger partial charge in [-0.3, -0.25) is 14.3 Å². The number of carbonyl (C=O) groups excluding carboxylic acids is 1. The number of hydrogen-bond acceptors (Lipinski definition) is 3. The Labute approximate surface area is 144 Å². The summed E-state index contributed by atoms with van der Waals surface area (Å²) in [5.41, 5.74) is 0.789. The average Bonchev–Trinajstić information content (AvgIpc) is 3.26. The number of benzene rings is 1. The largest absolute Gasteiger partial charge is 0.481 e. The summed E-state index contributed by atoms with van der Waals surface area (Å²) < 4.78 is 14.9. The van der Waals surface area contributed by atoms with Crippen LogP contribution in [0.2, 0.25) is 0 Å². The maximum absolute atomic E-state index is 13.1. The lowest BCUT2D eigenvalue weighted by Gasteiger charge is -2.17. The number of nitrogens with zero attached hydrogens (tertiary/aromatic N) is 2. The van der Waals surface area contributed by atoms with Crippen molar-refractivity contribution in [2.75, 3.05) is 0 Å². The van der Waals surface area contributed by atoms with Crippen LogP contribution in [0.4, 0.5) is 4.39 Å². The van der Waals surface area contributed by atoms with Crippen molar-refractivity contribution in [2.24, 2.45) is 0 Å². The molecule has 1 aromatic carbocycles. The highest BCUT2D eigenvalue weighted by Crippen LogP contribution is 2.28. The quantitative estimate of drug-likeness (QED) is 0.843. The molecule has 132 valence electrons. The first-order valence-electron chi connectivity index (χ1n) is 8.36. The number of aromatic nitrogens is 2. The fraction of sp³-hybridized carbons (Fsp3) is 0.389. The third-order valence-electron chi connectivity index (χ3n) is 4.50. The molecule has 0 aliphatic heterocycles. The molecule has 0 unspecified atom stereocenters. The molecule has 1 aliphatic rings. The Morgan fingerprint density at radius 2 is 1.92 bits per heavy atom. The Kier molecular flexibility index (Phi) is 5.11. The van der Waals surface area contributed by atoms with Gasteiger partial charge in [-0.25, -0.2) is 4.39 Å². The van der Waals surface area contributed by atoms with Crippen LogP contribution in [-0.2, 0) is 4.79 Å². The predicted molar refractivity (Wildman–Crippen MR) is 88.6 cm³/mol. The Hall–Kier alpha value is -2.70. The molecular formula is C18H20FN3O3. The highest BCUT2D eigenvalue weighted by Gasteiger charge is 2.22. The van der Waals surface area contributed by atoms with Crippen molar-refractivity contribution in [3.8, 4) is 0 Å². The topological polar surface area (TPSA) is 84.2 Å². The van der Waals surface area contributed by atoms with Gasteiger partial charge >= 0.3 is 5.97 Å². The molecule has 2 aromatic rings. The number of nitrogens with one attached hydrogen (secondary N) is 1. The molecule has 25 heavy (non-hydrogen) atoms. The van der Waals surface area contributed by atoms with Crippen LogP contribution in [-0.4, -0.2) is 26.8 Å². The summed E-state index contributed by atoms with van der Waals surface area (Å²) in [6, 6.07) is 6.64. The summed E-state index contributed by atoms with van der Waals surface area (Å²) in [5.74, 6) is -1.90. The van der Waals surface area contributed by atoms with Gasteiger partial charge in [0.15, 0.2) is 0 Å². The molecule has 2 N–H and O–H groups in total. The van der Waals surface area contributed by atoms with E-state index in [1.54, 1.807) is 12.3 Å². The molecule has 0 spiro atoms. The maximum atomic E-state index is 13.1. The van der Waals surface area contributed by atoms with E-state index < -0.39 is 23.7 Å². The third-order valence-corrected chi connectivity index (χ3v) is 4.50. The van der Waals surface area contributed by atoms with Crippen molar-refractivity contribution in [3.05, 3.63) is 53.6 Å². The van der Waals surface area contributed by atoms with E-state index in [4.69, 9.17) is 5.11 Å². The van der Waals surface area contributed by atoms with E-state index >= 15 is 0 Å². The van der Waals surface area contributed by atoms with Crippen LogP contribution in [0, 0.1) is 5.82 Å². The van der Waals surface area contributed by atoms with Crippen molar-refractivity contribution in [2.45, 2.75) is 44.2 Å². The van der Waals surface area contributed by atoms with Gasteiger partial charge in [0.25, 0.3) is 5.91 Å². The molecule has 0 bridgehead atoms. The summed E-state index contributed by atoms with van der Waals surface area (Å²) in [6.07, 6.45) is 5.93. The lowest BCUT2D eigenvalue weighted by atomic mass is 10.0. The van der Waals surface area contributed by atoms with Gasteiger partial charge in [0.1, 0.15) is 11.5 Å². The van der Waals surface area contributed by atoms with Crippen LogP contribution in [0.25, 0.3) is 0 Å². The molecule has 0 radical (unpaired) electrons. The van der Waals surface area contributed by atoms with E-state index in [0.717, 1.165) is 25.7 Å². The van der Waals surface area contributed by atoms with Gasteiger partial charge in [0, 0.05) is 6.20 Å². The molecule has 1 aliphatic carbocycles. The fourth-order valence-corrected chi connectivity index (χ4v) is 3.19. The Bertz CT molecular complexity index is 751. The lowest BCUT2D eigenvalue weighted by molar-refractivity contribution is -0.137. The number of amides is 1. The van der Waals surface area contributed by atoms with Crippen LogP contribution in [0.15, 0.2) is 36.5 Å². The van der Waals surface area contributed by atoms with E-state index in [1.807, 2.05) is 4.68 Å². The Morgan fingerprint density at radius 1 is 1.24 bits per heavy atom. The lowest BCUT2D eigenvalue weighted by Crippen LogP contribution is -2.30. The molecule has 1 fully saturated rings. The molecular weight excluding hydrogens is 325 g/mol. The van der Waals surface area contributed by atoms with E-state index in [9.17, 15) is 14.0 Å². The summed E-state index contributed by atoms with van der Waals surface area (Å²) >= 11 is 0. The van der Waals surface area contributed by atoms with Crippen molar-refractivity contribution in [1.29, 1.82) is 0 Å². The molecule has 6 nitrogen and oxygen atoms in total. The van der Waals surface area contributed by atoms with E-state index in [1.165, 1.54) is 24.3 Å². The maximum Gasteiger partial charge on any atom is 0.305 e. The van der Waals surface area contributed by atoms with Gasteiger partial charge < -0.3 is 10.4 Å². The summed E-state index contributed by atoms with van der Waals surface area (Å²) in [7, 11) is 0. The molecule has 1 aromatic heterocycles. The highest BCUT2D eigenvalue weighted by molar-refractivity contribution is 5.92. The summed E-state index contributed by atoms with van der Waals surface area (Å²) in [6.45, 7) is 0. The third kappa shape index (κ3) is 4.23. The van der Waals surface area contributed by atoms with Gasteiger partial charge in [-0.15, -0.1) is 0 Å². The van der Waals surface area contributed by atoms with Crippen LogP contribution >= 0.6 is 0 Å². The van der Waals surface area contributed by atoms with Gasteiger partial charge in [-0.2, -0.15) is 5.10 Å². The van der Waals surface area contributed by atoms with Crippen LogP contribution in [0.3, 0.4) is 0 Å². The Morgan fingerprint density at radius 3 is 2.56 bits per heavy atom. The van der Waals surface area contributed by atoms with Gasteiger partial charge in [-0.1, -0.05) is 25.0 Å². The number of carbonyl (C=O) groups is 2. The zero-order chi connectivity index (χ0) is 17.8. The predicted octanol–water partition coefficient (Wildman–Crippen LogP) is 3.08. The summed E-state index contributed by atoms with van der Waals surface area (Å²) in [4.78, 5) is 23.6. The number of hydrogen-bond donors (Lipinski definition) is 2. The normalized spacial score (nSPS) is 15.9. The summed E-state index contributed by atoms with van der Waals surface area (Å²) in [5, 5.41) is 16.1. The second kappa shape index (κ2) is 7.46. The number of carboxylic acid groups (broad SMARTS) is 1. The minimum Gasteiger partial charge on any atom is -0.481 e. The minimum absolute atomic E-state index is 0.254. The SMILES string of the molecule is O=C(O)C[C@H](NC(=O)c1ccn(C2CCCC2)n1)c1ccc(F)cc1. The monoisotopic (exact) mass is 345 g/mol. The molecule has 0 saturated heterocycles. The number of aliphatic carboxylic acids is 1. The molecule has 1 amide bonds. The molecule has 7 heteroatoms. The first-order chi connectivity index (χ1) is 12.0. The second-order valence-electron chi connectivity index (χ2n) is 6.29. The molecule has 1 heterocycles. The number of rotatable bonds is 6. The van der Waals surface area contributed by atoms with E-state index in [2.05, 4.69) is 10.4 Å². The Balaban J connectivity index is 1.73. The molecule has 3 rings (SSSR count). The average molecular weight is 345 g/mol. The molecule has 1 atom stereocenters. The second-order valence-corrected chi connectivity index (χ2v) is 6.29. The van der Waals surface area contributed by atoms with Crippen LogP contribution in [0.1, 0.15) is 60.2 Å². The van der Waals surface area contributed by atoms with Crippen molar-refractivity contribution < 1.29 is 19.1 Å². The van der Waals surface area contributed by atoms with E-state index in [-0.39, 0.29) is 12.1 Å². The number of halogens is 1. The first kappa shape index (κ1) is 17.1. The van der Waals surface area contributed by atoms with Crippen molar-refractivity contribution >= 4 is 11.9 Å². The first-order valence-corrected chi connectivity index (χ1v) is 8.36. The van der Waals surface area contributed by atoms with Crippen LogP contribution in [0.5, 0.6) is 0 Å². The van der Waals surface area contributed by atoms with Crippen molar-refractivity contribution in [3.63, 3.8) is 0 Å². The number of carboxylic acids is 1. The molecule has 1 saturated carbocycles. The van der Waals surface area contributed by atoms with Crippen LogP contribution < -0.4 is 5.32 Å². The highest BCUT2D eigenvalue weighted by atomic mass is 19.1. The standard InChI is InChI=1S/C18H20FN3O3/c19-13-7-5-12(6-8-13)16(11-17(23)24)20-18(25)15-9-10-22(21-15)14-3-1-2-4-14/h5-10,14,16H,1-4,11H2,(H,20,25)(H,23,24)/t16-/m0/s1. The van der Waals surface area contributed by atoms with Gasteiger partial charge in [0.05, 0.1) is 18.5 Å². The van der Waals surface area contributed by atoms with Crippen molar-refractivity contribution in [1.82, 2.24) is 15.1 Å². The smallest absolute Gasteiger partial charge is 0.305 e.